The van der Waals surface area contributed by atoms with Crippen LogP contribution in [0.15, 0.2) is 61.2 Å². The summed E-state index contributed by atoms with van der Waals surface area (Å²) in [6.45, 7) is 0.538. The van der Waals surface area contributed by atoms with Gasteiger partial charge < -0.3 is 10.6 Å². The number of amides is 1. The third kappa shape index (κ3) is 4.36. The number of aromatic nitrogens is 3. The van der Waals surface area contributed by atoms with Crippen LogP contribution in [0, 0.1) is 11.3 Å². The number of rotatable bonds is 5. The minimum Gasteiger partial charge on any atom is -0.366 e. The van der Waals surface area contributed by atoms with E-state index in [0.29, 0.717) is 23.6 Å². The van der Waals surface area contributed by atoms with Crippen LogP contribution < -0.4 is 10.6 Å². The Morgan fingerprint density at radius 1 is 1.16 bits per heavy atom. The highest BCUT2D eigenvalue weighted by atomic mass is 16.1. The summed E-state index contributed by atoms with van der Waals surface area (Å²) < 4.78 is 0. The summed E-state index contributed by atoms with van der Waals surface area (Å²) in [5.41, 5.74) is 2.23. The molecule has 0 atom stereocenters. The molecule has 1 amide bonds. The van der Waals surface area contributed by atoms with Gasteiger partial charge in [-0.3, -0.25) is 9.78 Å². The van der Waals surface area contributed by atoms with Crippen molar-refractivity contribution in [1.82, 2.24) is 15.0 Å². The second-order valence-corrected chi connectivity index (χ2v) is 5.15. The number of carbonyl (C=O) groups is 1. The van der Waals surface area contributed by atoms with Crippen LogP contribution in [0.1, 0.15) is 21.6 Å². The summed E-state index contributed by atoms with van der Waals surface area (Å²) in [5, 5.41) is 14.7. The maximum Gasteiger partial charge on any atom is 0.274 e. The van der Waals surface area contributed by atoms with Gasteiger partial charge in [-0.05, 0) is 29.8 Å². The van der Waals surface area contributed by atoms with Crippen molar-refractivity contribution in [3.63, 3.8) is 0 Å². The first-order valence-corrected chi connectivity index (χ1v) is 7.51. The van der Waals surface area contributed by atoms with Crippen LogP contribution in [0.25, 0.3) is 0 Å². The maximum absolute atomic E-state index is 12.3. The topological polar surface area (TPSA) is 104 Å². The van der Waals surface area contributed by atoms with Crippen molar-refractivity contribution < 1.29 is 4.79 Å². The van der Waals surface area contributed by atoms with Crippen molar-refractivity contribution in [2.75, 3.05) is 10.6 Å². The van der Waals surface area contributed by atoms with Crippen molar-refractivity contribution in [3.8, 4) is 6.07 Å². The molecule has 0 aliphatic carbocycles. The number of nitriles is 1. The molecule has 2 heterocycles. The van der Waals surface area contributed by atoms with E-state index in [4.69, 9.17) is 5.26 Å². The van der Waals surface area contributed by atoms with Gasteiger partial charge >= 0.3 is 0 Å². The van der Waals surface area contributed by atoms with E-state index in [1.807, 2.05) is 18.2 Å². The molecule has 2 aromatic heterocycles. The number of benzene rings is 1. The lowest BCUT2D eigenvalue weighted by Gasteiger charge is -2.08. The lowest BCUT2D eigenvalue weighted by molar-refractivity contribution is 0.102. The lowest BCUT2D eigenvalue weighted by atomic mass is 10.2. The zero-order valence-corrected chi connectivity index (χ0v) is 13.2. The minimum absolute atomic E-state index is 0.228. The summed E-state index contributed by atoms with van der Waals surface area (Å²) in [6.07, 6.45) is 4.79. The Morgan fingerprint density at radius 3 is 2.88 bits per heavy atom. The zero-order chi connectivity index (χ0) is 17.5. The number of pyridine rings is 1. The van der Waals surface area contributed by atoms with Gasteiger partial charge in [0.05, 0.1) is 11.6 Å². The standard InChI is InChI=1S/C18H14N6O/c19-9-13-3-1-5-15(7-13)24-18(25)16-8-17(23-12-22-16)21-11-14-4-2-6-20-10-14/h1-8,10,12H,11H2,(H,24,25)(H,21,22,23). The molecule has 0 spiro atoms. The van der Waals surface area contributed by atoms with Gasteiger partial charge in [0.15, 0.2) is 0 Å². The molecule has 0 unspecified atom stereocenters. The summed E-state index contributed by atoms with van der Waals surface area (Å²) in [7, 11) is 0. The van der Waals surface area contributed by atoms with Crippen LogP contribution in [0.4, 0.5) is 11.5 Å². The van der Waals surface area contributed by atoms with Gasteiger partial charge in [-0.2, -0.15) is 5.26 Å². The van der Waals surface area contributed by atoms with Crippen molar-refractivity contribution in [3.05, 3.63) is 78.0 Å². The molecule has 0 bridgehead atoms. The van der Waals surface area contributed by atoms with Gasteiger partial charge in [-0.25, -0.2) is 9.97 Å². The SMILES string of the molecule is N#Cc1cccc(NC(=O)c2cc(NCc3cccnc3)ncn2)c1. The van der Waals surface area contributed by atoms with Gasteiger partial charge in [-0.15, -0.1) is 0 Å². The molecule has 7 heteroatoms. The van der Waals surface area contributed by atoms with E-state index in [-0.39, 0.29) is 11.6 Å². The predicted molar refractivity (Wildman–Crippen MR) is 92.7 cm³/mol. The quantitative estimate of drug-likeness (QED) is 0.745. The molecule has 0 aliphatic heterocycles. The molecule has 0 saturated heterocycles. The summed E-state index contributed by atoms with van der Waals surface area (Å²) in [6, 6.07) is 14.1. The van der Waals surface area contributed by atoms with Crippen molar-refractivity contribution in [1.29, 1.82) is 5.26 Å². The first-order valence-electron chi connectivity index (χ1n) is 7.51. The summed E-state index contributed by atoms with van der Waals surface area (Å²) >= 11 is 0. The summed E-state index contributed by atoms with van der Waals surface area (Å²) in [5.74, 6) is 0.164. The highest BCUT2D eigenvalue weighted by molar-refractivity contribution is 6.03. The predicted octanol–water partition coefficient (Wildman–Crippen LogP) is 2.61. The molecule has 0 radical (unpaired) electrons. The Hall–Kier alpha value is -3.79. The van der Waals surface area contributed by atoms with Crippen molar-refractivity contribution in [2.24, 2.45) is 0 Å². The fourth-order valence-corrected chi connectivity index (χ4v) is 2.14. The molecule has 2 N–H and O–H groups in total. The van der Waals surface area contributed by atoms with E-state index in [1.165, 1.54) is 6.33 Å². The number of hydrogen-bond acceptors (Lipinski definition) is 6. The Labute approximate surface area is 144 Å². The van der Waals surface area contributed by atoms with Gasteiger partial charge in [0.2, 0.25) is 0 Å². The normalized spacial score (nSPS) is 9.88. The highest BCUT2D eigenvalue weighted by Crippen LogP contribution is 2.12. The minimum atomic E-state index is -0.373. The van der Waals surface area contributed by atoms with E-state index < -0.39 is 0 Å². The van der Waals surface area contributed by atoms with E-state index in [2.05, 4.69) is 25.6 Å². The van der Waals surface area contributed by atoms with E-state index in [0.717, 1.165) is 5.56 Å². The first kappa shape index (κ1) is 16.1. The number of carbonyl (C=O) groups excluding carboxylic acids is 1. The first-order chi connectivity index (χ1) is 12.2. The van der Waals surface area contributed by atoms with Crippen LogP contribution in [0.3, 0.4) is 0 Å². The van der Waals surface area contributed by atoms with Gasteiger partial charge in [-0.1, -0.05) is 12.1 Å². The van der Waals surface area contributed by atoms with Crippen LogP contribution in [0.2, 0.25) is 0 Å². The third-order valence-electron chi connectivity index (χ3n) is 3.35. The van der Waals surface area contributed by atoms with Gasteiger partial charge in [0, 0.05) is 30.7 Å². The van der Waals surface area contributed by atoms with Crippen molar-refractivity contribution >= 4 is 17.4 Å². The summed E-state index contributed by atoms with van der Waals surface area (Å²) in [4.78, 5) is 24.5. The lowest BCUT2D eigenvalue weighted by Crippen LogP contribution is -2.14. The van der Waals surface area contributed by atoms with Crippen LogP contribution >= 0.6 is 0 Å². The van der Waals surface area contributed by atoms with Crippen LogP contribution in [-0.4, -0.2) is 20.9 Å². The Kier molecular flexibility index (Phi) is 4.93. The zero-order valence-electron chi connectivity index (χ0n) is 13.2. The number of hydrogen-bond donors (Lipinski definition) is 2. The van der Waals surface area contributed by atoms with E-state index in [9.17, 15) is 4.79 Å². The number of nitrogens with one attached hydrogen (secondary N) is 2. The second kappa shape index (κ2) is 7.66. The molecule has 3 aromatic rings. The average molecular weight is 330 g/mol. The molecule has 1 aromatic carbocycles. The molecule has 0 saturated carbocycles. The molecular weight excluding hydrogens is 316 g/mol. The third-order valence-corrected chi connectivity index (χ3v) is 3.35. The van der Waals surface area contributed by atoms with Crippen LogP contribution in [0.5, 0.6) is 0 Å². The molecule has 0 fully saturated rings. The van der Waals surface area contributed by atoms with Gasteiger partial charge in [0.1, 0.15) is 17.8 Å². The average Bonchev–Trinajstić information content (AvgIpc) is 2.67. The Bertz CT molecular complexity index is 920. The second-order valence-electron chi connectivity index (χ2n) is 5.15. The molecule has 122 valence electrons. The fourth-order valence-electron chi connectivity index (χ4n) is 2.14. The molecule has 3 rings (SSSR count). The largest absolute Gasteiger partial charge is 0.366 e. The Morgan fingerprint density at radius 2 is 2.08 bits per heavy atom. The van der Waals surface area contributed by atoms with Crippen molar-refractivity contribution in [2.45, 2.75) is 6.54 Å². The fraction of sp³-hybridized carbons (Fsp3) is 0.0556. The molecule has 7 nitrogen and oxygen atoms in total. The maximum atomic E-state index is 12.3. The van der Waals surface area contributed by atoms with Crippen LogP contribution in [-0.2, 0) is 6.54 Å². The number of nitrogens with zero attached hydrogens (tertiary/aromatic N) is 4. The highest BCUT2D eigenvalue weighted by Gasteiger charge is 2.09. The molecule has 0 aliphatic rings. The smallest absolute Gasteiger partial charge is 0.274 e. The van der Waals surface area contributed by atoms with Gasteiger partial charge in [0.25, 0.3) is 5.91 Å². The Balaban J connectivity index is 1.68. The number of anilines is 2. The molecular formula is C18H14N6O. The monoisotopic (exact) mass is 330 g/mol. The van der Waals surface area contributed by atoms with E-state index >= 15 is 0 Å². The van der Waals surface area contributed by atoms with E-state index in [1.54, 1.807) is 42.7 Å². The molecule has 25 heavy (non-hydrogen) atoms.